The van der Waals surface area contributed by atoms with E-state index in [1.165, 1.54) is 29.8 Å². The van der Waals surface area contributed by atoms with Crippen molar-refractivity contribution in [2.24, 2.45) is 4.99 Å². The van der Waals surface area contributed by atoms with Gasteiger partial charge in [0.15, 0.2) is 4.80 Å². The third-order valence-electron chi connectivity index (χ3n) is 4.41. The molecule has 1 aliphatic rings. The van der Waals surface area contributed by atoms with E-state index in [2.05, 4.69) is 20.9 Å². The van der Waals surface area contributed by atoms with Crippen LogP contribution in [0.25, 0.3) is 6.08 Å². The molecule has 0 spiro atoms. The second-order valence-electron chi connectivity index (χ2n) is 6.14. The van der Waals surface area contributed by atoms with Crippen molar-refractivity contribution in [1.82, 2.24) is 4.57 Å². The second kappa shape index (κ2) is 7.62. The molecule has 1 atom stereocenters. The van der Waals surface area contributed by atoms with E-state index >= 15 is 0 Å². The molecule has 0 bridgehead atoms. The standard InChI is InChI=1S/C20H15BrN2O3S2/c1-11-16(19(25)26-2)17(14-4-3-9-27-14)23-18(24)15(28-20(23)22-11)10-12-5-7-13(21)8-6-12/h3-10,17H,1-2H3/b15-10-. The molecule has 3 aromatic rings. The summed E-state index contributed by atoms with van der Waals surface area (Å²) in [6.07, 6.45) is 1.85. The molecule has 0 saturated heterocycles. The van der Waals surface area contributed by atoms with Crippen molar-refractivity contribution in [2.75, 3.05) is 7.11 Å². The minimum atomic E-state index is -0.532. The van der Waals surface area contributed by atoms with E-state index in [-0.39, 0.29) is 5.56 Å². The summed E-state index contributed by atoms with van der Waals surface area (Å²) in [5, 5.41) is 1.93. The van der Waals surface area contributed by atoms with Crippen LogP contribution in [0.3, 0.4) is 0 Å². The lowest BCUT2D eigenvalue weighted by molar-refractivity contribution is -0.136. The number of hydrogen-bond donors (Lipinski definition) is 0. The van der Waals surface area contributed by atoms with Gasteiger partial charge in [-0.15, -0.1) is 11.3 Å². The Bertz CT molecular complexity index is 1250. The maximum Gasteiger partial charge on any atom is 0.338 e. The summed E-state index contributed by atoms with van der Waals surface area (Å²) in [5.41, 5.74) is 1.72. The highest BCUT2D eigenvalue weighted by atomic mass is 79.9. The van der Waals surface area contributed by atoms with Gasteiger partial charge >= 0.3 is 5.97 Å². The fraction of sp³-hybridized carbons (Fsp3) is 0.150. The van der Waals surface area contributed by atoms with Crippen LogP contribution in [0, 0.1) is 0 Å². The Labute approximate surface area is 177 Å². The summed E-state index contributed by atoms with van der Waals surface area (Å²) >= 11 is 6.23. The number of benzene rings is 1. The lowest BCUT2D eigenvalue weighted by Gasteiger charge is -2.22. The zero-order chi connectivity index (χ0) is 19.8. The Balaban J connectivity index is 1.96. The number of halogens is 1. The topological polar surface area (TPSA) is 60.7 Å². The first-order valence-corrected chi connectivity index (χ1v) is 10.9. The lowest BCUT2D eigenvalue weighted by Crippen LogP contribution is -2.39. The lowest BCUT2D eigenvalue weighted by atomic mass is 10.0. The molecule has 4 rings (SSSR count). The third-order valence-corrected chi connectivity index (χ3v) is 6.84. The molecule has 0 saturated carbocycles. The molecule has 28 heavy (non-hydrogen) atoms. The van der Waals surface area contributed by atoms with Gasteiger partial charge < -0.3 is 4.74 Å². The predicted octanol–water partition coefficient (Wildman–Crippen LogP) is 3.23. The average molecular weight is 475 g/mol. The molecule has 1 aliphatic heterocycles. The molecule has 2 aromatic heterocycles. The molecule has 0 N–H and O–H groups in total. The van der Waals surface area contributed by atoms with Gasteiger partial charge in [0.1, 0.15) is 6.04 Å². The second-order valence-corrected chi connectivity index (χ2v) is 9.04. The normalized spacial score (nSPS) is 16.7. The van der Waals surface area contributed by atoms with Crippen molar-refractivity contribution in [3.63, 3.8) is 0 Å². The number of esters is 1. The van der Waals surface area contributed by atoms with E-state index < -0.39 is 12.0 Å². The summed E-state index contributed by atoms with van der Waals surface area (Å²) in [5.74, 6) is -0.471. The number of thiazole rings is 1. The van der Waals surface area contributed by atoms with Crippen molar-refractivity contribution in [3.05, 3.63) is 87.6 Å². The molecule has 0 fully saturated rings. The van der Waals surface area contributed by atoms with Crippen LogP contribution in [0.15, 0.2) is 67.3 Å². The number of thiophene rings is 1. The highest BCUT2D eigenvalue weighted by Gasteiger charge is 2.33. The molecule has 142 valence electrons. The smallest absolute Gasteiger partial charge is 0.338 e. The predicted molar refractivity (Wildman–Crippen MR) is 114 cm³/mol. The van der Waals surface area contributed by atoms with Crippen LogP contribution in [0.1, 0.15) is 23.4 Å². The van der Waals surface area contributed by atoms with Crippen LogP contribution in [0.4, 0.5) is 0 Å². The van der Waals surface area contributed by atoms with Gasteiger partial charge in [-0.05, 0) is 42.1 Å². The van der Waals surface area contributed by atoms with Gasteiger partial charge in [0.05, 0.1) is 22.9 Å². The largest absolute Gasteiger partial charge is 0.466 e. The van der Waals surface area contributed by atoms with E-state index in [0.29, 0.717) is 20.6 Å². The zero-order valence-corrected chi connectivity index (χ0v) is 18.2. The highest BCUT2D eigenvalue weighted by Crippen LogP contribution is 2.32. The summed E-state index contributed by atoms with van der Waals surface area (Å²) < 4.78 is 8.12. The van der Waals surface area contributed by atoms with Gasteiger partial charge in [-0.3, -0.25) is 9.36 Å². The van der Waals surface area contributed by atoms with Gasteiger partial charge in [-0.2, -0.15) is 0 Å². The van der Waals surface area contributed by atoms with Crippen molar-refractivity contribution in [3.8, 4) is 0 Å². The average Bonchev–Trinajstić information content (AvgIpc) is 3.31. The zero-order valence-electron chi connectivity index (χ0n) is 15.0. The van der Waals surface area contributed by atoms with Crippen molar-refractivity contribution in [1.29, 1.82) is 0 Å². The van der Waals surface area contributed by atoms with Crippen LogP contribution in [0.5, 0.6) is 0 Å². The van der Waals surface area contributed by atoms with Crippen LogP contribution in [-0.2, 0) is 9.53 Å². The maximum atomic E-state index is 13.3. The molecule has 5 nitrogen and oxygen atoms in total. The molecule has 8 heteroatoms. The Morgan fingerprint density at radius 3 is 2.68 bits per heavy atom. The monoisotopic (exact) mass is 474 g/mol. The van der Waals surface area contributed by atoms with Crippen LogP contribution >= 0.6 is 38.6 Å². The number of rotatable bonds is 3. The van der Waals surface area contributed by atoms with Gasteiger partial charge in [-0.25, -0.2) is 9.79 Å². The number of aromatic nitrogens is 1. The maximum absolute atomic E-state index is 13.3. The number of ether oxygens (including phenoxy) is 1. The van der Waals surface area contributed by atoms with E-state index in [9.17, 15) is 9.59 Å². The molecule has 0 aliphatic carbocycles. The molecular weight excluding hydrogens is 460 g/mol. The fourth-order valence-corrected chi connectivity index (χ4v) is 5.25. The Morgan fingerprint density at radius 2 is 2.04 bits per heavy atom. The number of hydrogen-bond acceptors (Lipinski definition) is 6. The van der Waals surface area contributed by atoms with Crippen molar-refractivity contribution in [2.45, 2.75) is 13.0 Å². The van der Waals surface area contributed by atoms with Crippen LogP contribution in [0.2, 0.25) is 0 Å². The van der Waals surface area contributed by atoms with Gasteiger partial charge in [0, 0.05) is 9.35 Å². The Kier molecular flexibility index (Phi) is 5.18. The van der Waals surface area contributed by atoms with Crippen molar-refractivity contribution >= 4 is 50.6 Å². The fourth-order valence-electron chi connectivity index (χ4n) is 3.12. The molecular formula is C20H15BrN2O3S2. The number of methoxy groups -OCH3 is 1. The SMILES string of the molecule is COC(=O)C1=C(C)N=c2s/c(=C\c3ccc(Br)cc3)c(=O)n2C1c1cccs1. The Hall–Kier alpha value is -2.29. The van der Waals surface area contributed by atoms with Gasteiger partial charge in [0.2, 0.25) is 0 Å². The first-order chi connectivity index (χ1) is 13.5. The number of fused-ring (bicyclic) bond motifs is 1. The molecule has 0 radical (unpaired) electrons. The van der Waals surface area contributed by atoms with E-state index in [4.69, 9.17) is 4.74 Å². The van der Waals surface area contributed by atoms with Gasteiger partial charge in [-0.1, -0.05) is 45.5 Å². The summed E-state index contributed by atoms with van der Waals surface area (Å²) in [6, 6.07) is 11.0. The van der Waals surface area contributed by atoms with E-state index in [1.807, 2.05) is 47.9 Å². The summed E-state index contributed by atoms with van der Waals surface area (Å²) in [7, 11) is 1.34. The third kappa shape index (κ3) is 3.32. The minimum Gasteiger partial charge on any atom is -0.466 e. The molecule has 1 unspecified atom stereocenters. The number of carbonyl (C=O) groups is 1. The Morgan fingerprint density at radius 1 is 1.29 bits per heavy atom. The molecule has 0 amide bonds. The van der Waals surface area contributed by atoms with Gasteiger partial charge in [0.25, 0.3) is 5.56 Å². The van der Waals surface area contributed by atoms with E-state index in [0.717, 1.165) is 14.9 Å². The minimum absolute atomic E-state index is 0.168. The quantitative estimate of drug-likeness (QED) is 0.547. The van der Waals surface area contributed by atoms with Crippen LogP contribution in [-0.4, -0.2) is 17.6 Å². The molecule has 3 heterocycles. The van der Waals surface area contributed by atoms with Crippen molar-refractivity contribution < 1.29 is 9.53 Å². The number of nitrogens with zero attached hydrogens (tertiary/aromatic N) is 2. The number of carbonyl (C=O) groups excluding carboxylic acids is 1. The first kappa shape index (κ1) is 19.0. The highest BCUT2D eigenvalue weighted by molar-refractivity contribution is 9.10. The number of allylic oxidation sites excluding steroid dienone is 1. The first-order valence-electron chi connectivity index (χ1n) is 8.39. The molecule has 1 aromatic carbocycles. The summed E-state index contributed by atoms with van der Waals surface area (Å²) in [4.78, 5) is 31.7. The summed E-state index contributed by atoms with van der Waals surface area (Å²) in [6.45, 7) is 1.78. The van der Waals surface area contributed by atoms with Crippen LogP contribution < -0.4 is 14.9 Å². The van der Waals surface area contributed by atoms with E-state index in [1.54, 1.807) is 11.5 Å².